The van der Waals surface area contributed by atoms with Crippen molar-refractivity contribution in [3.8, 4) is 17.1 Å². The zero-order valence-electron chi connectivity index (χ0n) is 89.6. The standard InChI is InChI=1S/C26H23N2.C23H22N5.C19H15N2.C18H17N2Si.C15H8N2.C13H7N4.12CH3.6Ir/c1-15-16(2)18(4)25(19(5)17(15)3)24-14-27-26-22-12-7-6-10-20(22)21-11-8-9-13-23(21)28(24)26;1-14(2)21-25-26-22(15(3)4)28(21)20-13-24-23-18-11-6-5-9-16(18)17-10-7-8-12-19(17)27(20)23;1-2-6-14-13(5-1)9-10-16-18(14)15-7-3-4-8-17(15)21-12-11-20-19(16)21;1-21(2,3)17-12-19-18-15-10-5-4-8-13(15)14-9-6-7-11-16(14)20(17)18;1-2-7-13-11(5-1)12-6-3-4-8-14(12)17-10-9-16-15(13)17;1-2-4-10-9(3-1)11-7-14-8-16-13(11)17-6-5-15-12(10)17;;;;;;;;;;;;;;;;;;/h6-11,13-14H,1-5H3;5-10,12-15H,1-4H3;3-4,7-9,11-12H,1-2,5-6H2;4-9,11-12H,1-3H3;1-7,9H;1-3,5-8H;12*1H3;;;;;;/q4*-1;-2;13*-1;;5*+3. The molecule has 27 rings (SSSR count). The molecule has 779 valence electrons. The molecule has 14 heterocycles. The second-order valence-electron chi connectivity index (χ2n) is 35.9. The molecule has 0 saturated heterocycles. The molecule has 1 aliphatic rings. The minimum Gasteiger partial charge on any atom is -0.482 e. The maximum absolute atomic E-state index is 4.87. The number of benzene rings is 12. The van der Waals surface area contributed by atoms with Crippen LogP contribution in [-0.2, 0) is 133 Å². The molecule has 0 spiro atoms. The van der Waals surface area contributed by atoms with Crippen LogP contribution in [0.3, 0.4) is 0 Å². The van der Waals surface area contributed by atoms with E-state index in [-0.39, 0.29) is 222 Å². The zero-order valence-corrected chi connectivity index (χ0v) is 105. The molecule has 0 amide bonds. The topological polar surface area (TPSA) is 160 Å². The van der Waals surface area contributed by atoms with E-state index in [1.807, 2.05) is 113 Å². The van der Waals surface area contributed by atoms with Crippen LogP contribution in [0, 0.1) is 166 Å². The SMILES string of the molecule is CC(C)c1nnc(C(C)C)n1-c1cnc2c3[c-]cccc3c3ccccc3n12.C[Si](C)(C)c1cnc2c3[c-]cccc3c3ccccc3n12.Cc1c(C)c(C)c(-c2cnc3c4[c-]cccc4c4ccccc4n23)c(C)c1C.[CH3-].[CH3-].[CH3-].[CH3-].[CH3-].[CH3-].[CH3-].[CH3-].[CH3-].[CH3-].[CH3-].[CH3-].[Ir+3].[Ir+3].[Ir+3].[Ir+3].[Ir+3].[Ir].[c-]1cc2c(c3c1c1nccn1c1ccccc31)CCCC2.[c-]1cccc2c1c1nccn1c1ncncc21.[c-]1cccc2c3ccccc3c3nc[c-]n3c12. The van der Waals surface area contributed by atoms with Gasteiger partial charge in [-0.1, -0.05) is 208 Å². The summed E-state index contributed by atoms with van der Waals surface area (Å²) in [5, 5.41) is 31.4. The van der Waals surface area contributed by atoms with Crippen LogP contribution < -0.4 is 5.32 Å². The number of aryl methyl sites for hydroxylation is 2. The minimum absolute atomic E-state index is 0. The van der Waals surface area contributed by atoms with Crippen molar-refractivity contribution >= 4 is 177 Å². The smallest absolute Gasteiger partial charge is 0.482 e. The first-order valence-corrected chi connectivity index (χ1v) is 48.7. The molecule has 17 nitrogen and oxygen atoms in total. The third-order valence-corrected chi connectivity index (χ3v) is 28.5. The maximum Gasteiger partial charge on any atom is 3.00 e. The monoisotopic (exact) mass is 3060 g/mol. The van der Waals surface area contributed by atoms with Gasteiger partial charge in [-0.25, -0.2) is 16.0 Å². The van der Waals surface area contributed by atoms with E-state index < -0.39 is 8.07 Å². The summed E-state index contributed by atoms with van der Waals surface area (Å²) >= 11 is 0. The quantitative estimate of drug-likeness (QED) is 0.0921. The summed E-state index contributed by atoms with van der Waals surface area (Å²) < 4.78 is 15.2. The van der Waals surface area contributed by atoms with Crippen LogP contribution in [0.15, 0.2) is 280 Å². The van der Waals surface area contributed by atoms with E-state index in [1.165, 1.54) is 151 Å². The largest absolute Gasteiger partial charge is 3.00 e. The maximum atomic E-state index is 4.87. The molecule has 26 aromatic rings. The molecule has 12 aromatic carbocycles. The fraction of sp³-hybridized carbons (Fsp3) is 0.143. The van der Waals surface area contributed by atoms with Crippen molar-refractivity contribution in [2.45, 2.75) is 119 Å². The first-order valence-electron chi connectivity index (χ1n) is 45.2. The predicted octanol–water partition coefficient (Wildman–Crippen LogP) is 31.1. The van der Waals surface area contributed by atoms with Gasteiger partial charge in [-0.15, -0.1) is 152 Å². The minimum atomic E-state index is -1.46. The van der Waals surface area contributed by atoms with Gasteiger partial charge in [-0.3, -0.25) is 29.5 Å². The number of pyridine rings is 6. The van der Waals surface area contributed by atoms with Crippen LogP contribution in [0.25, 0.3) is 181 Å². The number of hydrogen-bond donors (Lipinski definition) is 0. The fourth-order valence-corrected chi connectivity index (χ4v) is 21.3. The molecule has 150 heavy (non-hydrogen) atoms. The molecule has 14 aromatic heterocycles. The van der Waals surface area contributed by atoms with Gasteiger partial charge in [0.1, 0.15) is 29.4 Å². The summed E-state index contributed by atoms with van der Waals surface area (Å²) in [6, 6.07) is 95.5. The van der Waals surface area contributed by atoms with Gasteiger partial charge in [0.25, 0.3) is 0 Å². The van der Waals surface area contributed by atoms with E-state index in [1.54, 1.807) is 18.7 Å². The van der Waals surface area contributed by atoms with Crippen LogP contribution in [0.1, 0.15) is 103 Å². The van der Waals surface area contributed by atoms with Crippen molar-refractivity contribution in [3.05, 3.63) is 463 Å². The van der Waals surface area contributed by atoms with Crippen molar-refractivity contribution in [1.82, 2.24) is 81.0 Å². The fourth-order valence-electron chi connectivity index (χ4n) is 20.0. The van der Waals surface area contributed by atoms with Crippen LogP contribution in [0.2, 0.25) is 19.6 Å². The van der Waals surface area contributed by atoms with E-state index in [0.29, 0.717) is 0 Å². The van der Waals surface area contributed by atoms with E-state index in [9.17, 15) is 0 Å². The Kier molecular flexibility index (Phi) is 47.0. The van der Waals surface area contributed by atoms with Crippen molar-refractivity contribution < 1.29 is 121 Å². The van der Waals surface area contributed by atoms with Gasteiger partial charge >= 0.3 is 101 Å². The molecular formula is C126H128Ir6N17Si-4. The van der Waals surface area contributed by atoms with E-state index in [0.717, 1.165) is 111 Å². The first-order chi connectivity index (χ1) is 64.5. The Bertz CT molecular complexity index is 8780. The number of hydrogen-bond acceptors (Lipinski definition) is 10. The van der Waals surface area contributed by atoms with Gasteiger partial charge in [0, 0.05) is 119 Å². The van der Waals surface area contributed by atoms with Crippen LogP contribution in [-0.4, -0.2) is 89.1 Å². The number of para-hydroxylation sites is 5. The summed E-state index contributed by atoms with van der Waals surface area (Å²) in [6.45, 7) is 26.8. The molecule has 0 bridgehead atoms. The molecule has 1 aliphatic carbocycles. The second kappa shape index (κ2) is 54.0. The Hall–Kier alpha value is -11.8. The average molecular weight is 3060 g/mol. The summed E-state index contributed by atoms with van der Waals surface area (Å²) in [7, 11) is -1.46. The third-order valence-electron chi connectivity index (χ3n) is 26.6. The van der Waals surface area contributed by atoms with E-state index in [4.69, 9.17) is 15.0 Å². The van der Waals surface area contributed by atoms with E-state index in [2.05, 4.69) is 340 Å². The van der Waals surface area contributed by atoms with E-state index >= 15 is 0 Å². The number of nitrogens with zero attached hydrogens (tertiary/aromatic N) is 17. The molecule has 0 unspecified atom stereocenters. The van der Waals surface area contributed by atoms with Gasteiger partial charge in [-0.05, 0) is 126 Å². The van der Waals surface area contributed by atoms with Gasteiger partial charge < -0.3 is 121 Å². The van der Waals surface area contributed by atoms with Crippen molar-refractivity contribution in [3.63, 3.8) is 0 Å². The molecule has 0 fully saturated rings. The number of rotatable bonds is 5. The Labute approximate surface area is 969 Å². The van der Waals surface area contributed by atoms with Gasteiger partial charge in [0.15, 0.2) is 0 Å². The molecular weight excluding hydrogens is 2930 g/mol. The molecule has 1 radical (unpaired) electrons. The normalized spacial score (nSPS) is 10.9. The van der Waals surface area contributed by atoms with Crippen LogP contribution in [0.4, 0.5) is 0 Å². The van der Waals surface area contributed by atoms with Crippen molar-refractivity contribution in [2.24, 2.45) is 0 Å². The zero-order chi connectivity index (χ0) is 89.9. The Morgan fingerprint density at radius 1 is 0.340 bits per heavy atom. The van der Waals surface area contributed by atoms with Gasteiger partial charge in [0.2, 0.25) is 0 Å². The van der Waals surface area contributed by atoms with Crippen molar-refractivity contribution in [2.75, 3.05) is 0 Å². The Morgan fingerprint density at radius 2 is 0.753 bits per heavy atom. The molecule has 0 N–H and O–H groups in total. The molecule has 0 saturated carbocycles. The predicted molar refractivity (Wildman–Crippen MR) is 617 cm³/mol. The number of imidazole rings is 6. The summed E-state index contributed by atoms with van der Waals surface area (Å²) in [5.74, 6) is 3.38. The first kappa shape index (κ1) is 131. The molecule has 24 heteroatoms. The van der Waals surface area contributed by atoms with Crippen molar-refractivity contribution in [1.29, 1.82) is 0 Å². The number of fused-ring (bicyclic) bond motifs is 38. The number of aromatic nitrogens is 17. The average Bonchev–Trinajstić information content (AvgIpc) is 1.56. The van der Waals surface area contributed by atoms with Gasteiger partial charge in [-0.2, -0.15) is 29.1 Å². The Balaban J connectivity index is 0.000000369. The third kappa shape index (κ3) is 22.4. The summed E-state index contributed by atoms with van der Waals surface area (Å²) in [5.41, 5.74) is 24.7. The molecule has 0 aliphatic heterocycles. The van der Waals surface area contributed by atoms with Crippen LogP contribution in [0.5, 0.6) is 0 Å². The Morgan fingerprint density at radius 3 is 1.29 bits per heavy atom. The summed E-state index contributed by atoms with van der Waals surface area (Å²) in [4.78, 5) is 36.2. The molecule has 0 atom stereocenters. The second-order valence-corrected chi connectivity index (χ2v) is 40.9. The summed E-state index contributed by atoms with van der Waals surface area (Å²) in [6.07, 6.45) is 26.8. The van der Waals surface area contributed by atoms with Gasteiger partial charge in [0.05, 0.1) is 48.2 Å². The van der Waals surface area contributed by atoms with Crippen LogP contribution >= 0.6 is 0 Å².